The van der Waals surface area contributed by atoms with E-state index in [1.54, 1.807) is 6.20 Å². The lowest BCUT2D eigenvalue weighted by Gasteiger charge is -2.18. The maximum Gasteiger partial charge on any atom is 0.222 e. The van der Waals surface area contributed by atoms with E-state index < -0.39 is 0 Å². The molecule has 0 amide bonds. The van der Waals surface area contributed by atoms with Crippen LogP contribution < -0.4 is 11.1 Å². The predicted octanol–water partition coefficient (Wildman–Crippen LogP) is 0.934. The molecule has 0 aliphatic heterocycles. The van der Waals surface area contributed by atoms with Crippen molar-refractivity contribution < 1.29 is 0 Å². The smallest absolute Gasteiger partial charge is 0.222 e. The van der Waals surface area contributed by atoms with E-state index in [2.05, 4.69) is 15.3 Å². The Hall–Kier alpha value is -1.16. The zero-order valence-electron chi connectivity index (χ0n) is 8.33. The minimum Gasteiger partial charge on any atom is -0.352 e. The van der Waals surface area contributed by atoms with Gasteiger partial charge in [-0.05, 0) is 26.8 Å². The van der Waals surface area contributed by atoms with Crippen molar-refractivity contribution in [1.82, 2.24) is 9.97 Å². The molecular weight excluding hydrogens is 164 g/mol. The average Bonchev–Trinajstić information content (AvgIpc) is 2.00. The number of anilines is 1. The van der Waals surface area contributed by atoms with Crippen LogP contribution in [0.3, 0.4) is 0 Å². The summed E-state index contributed by atoms with van der Waals surface area (Å²) in [6.45, 7) is 6.50. The predicted molar refractivity (Wildman–Crippen MR) is 53.5 cm³/mol. The number of nitrogens with one attached hydrogen (secondary N) is 1. The quantitative estimate of drug-likeness (QED) is 0.726. The Morgan fingerprint density at radius 2 is 2.23 bits per heavy atom. The van der Waals surface area contributed by atoms with E-state index in [0.29, 0.717) is 12.5 Å². The summed E-state index contributed by atoms with van der Waals surface area (Å²) < 4.78 is 0. The molecule has 1 rings (SSSR count). The molecule has 0 spiro atoms. The van der Waals surface area contributed by atoms with Gasteiger partial charge in [-0.15, -0.1) is 0 Å². The van der Waals surface area contributed by atoms with Crippen molar-refractivity contribution in [2.24, 2.45) is 5.73 Å². The van der Waals surface area contributed by atoms with Gasteiger partial charge >= 0.3 is 0 Å². The van der Waals surface area contributed by atoms with E-state index in [9.17, 15) is 0 Å². The van der Waals surface area contributed by atoms with Gasteiger partial charge in [0.25, 0.3) is 0 Å². The van der Waals surface area contributed by atoms with E-state index in [4.69, 9.17) is 5.73 Å². The van der Waals surface area contributed by atoms with E-state index in [1.165, 1.54) is 0 Å². The van der Waals surface area contributed by atoms with Gasteiger partial charge in [0.2, 0.25) is 5.95 Å². The van der Waals surface area contributed by atoms with Crippen LogP contribution in [0.4, 0.5) is 5.95 Å². The molecule has 0 aliphatic carbocycles. The lowest BCUT2D eigenvalue weighted by molar-refractivity contribution is 0.547. The van der Waals surface area contributed by atoms with Crippen molar-refractivity contribution in [2.45, 2.75) is 26.3 Å². The first-order valence-electron chi connectivity index (χ1n) is 4.30. The number of hydrogen-bond acceptors (Lipinski definition) is 4. The molecule has 0 saturated carbocycles. The molecule has 4 heteroatoms. The van der Waals surface area contributed by atoms with Gasteiger partial charge in [-0.1, -0.05) is 0 Å². The van der Waals surface area contributed by atoms with Gasteiger partial charge in [0, 0.05) is 24.0 Å². The van der Waals surface area contributed by atoms with Crippen LogP contribution in [0.5, 0.6) is 0 Å². The van der Waals surface area contributed by atoms with Crippen molar-refractivity contribution >= 4 is 5.95 Å². The number of nitrogens with two attached hydrogens (primary N) is 1. The first kappa shape index (κ1) is 9.92. The fourth-order valence-corrected chi connectivity index (χ4v) is 0.841. The van der Waals surface area contributed by atoms with E-state index >= 15 is 0 Å². The third kappa shape index (κ3) is 3.85. The Morgan fingerprint density at radius 1 is 1.54 bits per heavy atom. The summed E-state index contributed by atoms with van der Waals surface area (Å²) >= 11 is 0. The summed E-state index contributed by atoms with van der Waals surface area (Å²) in [6.07, 6.45) is 1.73. The Morgan fingerprint density at radius 3 is 2.77 bits per heavy atom. The van der Waals surface area contributed by atoms with Crippen LogP contribution in [-0.2, 0) is 0 Å². The van der Waals surface area contributed by atoms with Crippen LogP contribution >= 0.6 is 0 Å². The van der Waals surface area contributed by atoms with Crippen LogP contribution in [-0.4, -0.2) is 22.1 Å². The first-order chi connectivity index (χ1) is 5.97. The molecule has 1 heterocycles. The molecule has 0 aromatic carbocycles. The normalized spacial score (nSPS) is 11.4. The van der Waals surface area contributed by atoms with E-state index in [0.717, 1.165) is 5.69 Å². The molecule has 4 nitrogen and oxygen atoms in total. The second-order valence-corrected chi connectivity index (χ2v) is 3.86. The summed E-state index contributed by atoms with van der Waals surface area (Å²) in [4.78, 5) is 8.26. The summed E-state index contributed by atoms with van der Waals surface area (Å²) in [7, 11) is 0. The van der Waals surface area contributed by atoms with Crippen molar-refractivity contribution in [2.75, 3.05) is 11.9 Å². The van der Waals surface area contributed by atoms with Crippen LogP contribution in [0.15, 0.2) is 12.3 Å². The van der Waals surface area contributed by atoms with E-state index in [1.807, 2.05) is 26.8 Å². The molecule has 13 heavy (non-hydrogen) atoms. The number of aryl methyl sites for hydroxylation is 1. The van der Waals surface area contributed by atoms with Gasteiger partial charge in [0.15, 0.2) is 0 Å². The molecule has 0 aliphatic rings. The fourth-order valence-electron chi connectivity index (χ4n) is 0.841. The topological polar surface area (TPSA) is 63.8 Å². The molecule has 0 unspecified atom stereocenters. The summed E-state index contributed by atoms with van der Waals surface area (Å²) in [5, 5.41) is 3.08. The highest BCUT2D eigenvalue weighted by atomic mass is 15.1. The van der Waals surface area contributed by atoms with Crippen LogP contribution in [0.1, 0.15) is 19.5 Å². The van der Waals surface area contributed by atoms with Crippen molar-refractivity contribution in [1.29, 1.82) is 0 Å². The number of nitrogens with zero attached hydrogens (tertiary/aromatic N) is 2. The molecule has 0 saturated heterocycles. The zero-order valence-corrected chi connectivity index (χ0v) is 8.33. The number of hydrogen-bond donors (Lipinski definition) is 2. The summed E-state index contributed by atoms with van der Waals surface area (Å²) in [5.74, 6) is 0.638. The molecule has 0 bridgehead atoms. The number of rotatable bonds is 3. The van der Waals surface area contributed by atoms with Crippen molar-refractivity contribution in [3.63, 3.8) is 0 Å². The molecule has 1 aromatic heterocycles. The van der Waals surface area contributed by atoms with Gasteiger partial charge < -0.3 is 11.1 Å². The Labute approximate surface area is 78.6 Å². The van der Waals surface area contributed by atoms with Crippen LogP contribution in [0.2, 0.25) is 0 Å². The highest BCUT2D eigenvalue weighted by Crippen LogP contribution is 2.01. The molecule has 0 fully saturated rings. The lowest BCUT2D eigenvalue weighted by Crippen LogP contribution is -2.39. The van der Waals surface area contributed by atoms with Gasteiger partial charge in [-0.2, -0.15) is 0 Å². The second kappa shape index (κ2) is 3.70. The standard InChI is InChI=1S/C9H16N4/c1-7-4-5-11-8(13-7)12-6-9(2,3)10/h4-5H,6,10H2,1-3H3,(H,11,12,13). The van der Waals surface area contributed by atoms with Gasteiger partial charge in [-0.3, -0.25) is 0 Å². The van der Waals surface area contributed by atoms with E-state index in [-0.39, 0.29) is 5.54 Å². The van der Waals surface area contributed by atoms with Crippen molar-refractivity contribution in [3.8, 4) is 0 Å². The molecule has 1 aromatic rings. The summed E-state index contributed by atoms with van der Waals surface area (Å²) in [5.41, 5.74) is 6.51. The van der Waals surface area contributed by atoms with Gasteiger partial charge in [0.05, 0.1) is 0 Å². The Balaban J connectivity index is 2.55. The highest BCUT2D eigenvalue weighted by molar-refractivity contribution is 5.25. The van der Waals surface area contributed by atoms with Crippen molar-refractivity contribution in [3.05, 3.63) is 18.0 Å². The first-order valence-corrected chi connectivity index (χ1v) is 4.30. The largest absolute Gasteiger partial charge is 0.352 e. The summed E-state index contributed by atoms with van der Waals surface area (Å²) in [6, 6.07) is 1.86. The van der Waals surface area contributed by atoms with Gasteiger partial charge in [0.1, 0.15) is 0 Å². The third-order valence-electron chi connectivity index (χ3n) is 1.50. The maximum atomic E-state index is 5.80. The third-order valence-corrected chi connectivity index (χ3v) is 1.50. The highest BCUT2D eigenvalue weighted by Gasteiger charge is 2.10. The minimum absolute atomic E-state index is 0.243. The zero-order chi connectivity index (χ0) is 9.90. The molecule has 3 N–H and O–H groups in total. The molecule has 72 valence electrons. The van der Waals surface area contributed by atoms with Crippen LogP contribution in [0, 0.1) is 6.92 Å². The maximum absolute atomic E-state index is 5.80. The average molecular weight is 180 g/mol. The Bertz CT molecular complexity index is 277. The SMILES string of the molecule is Cc1ccnc(NCC(C)(C)N)n1. The van der Waals surface area contributed by atoms with Gasteiger partial charge in [-0.25, -0.2) is 9.97 Å². The lowest BCUT2D eigenvalue weighted by atomic mass is 10.1. The molecule has 0 radical (unpaired) electrons. The van der Waals surface area contributed by atoms with Crippen LogP contribution in [0.25, 0.3) is 0 Å². The molecule has 0 atom stereocenters. The monoisotopic (exact) mass is 180 g/mol. The second-order valence-electron chi connectivity index (χ2n) is 3.86. The Kier molecular flexibility index (Phi) is 2.83. The fraction of sp³-hybridized carbons (Fsp3) is 0.556. The minimum atomic E-state index is -0.243. The number of aromatic nitrogens is 2. The molecular formula is C9H16N4.